The number of rotatable bonds is 0. The second kappa shape index (κ2) is 2.02. The molecule has 2 aromatic rings. The number of aryl methyl sites for hydroxylation is 1. The molecule has 56 valence electrons. The third kappa shape index (κ3) is 0.790. The lowest BCUT2D eigenvalue weighted by molar-refractivity contribution is 0.546. The SMILES string of the molecule is Cc1ncnn2c(F)ccc12. The maximum absolute atomic E-state index is 12.8. The van der Waals surface area contributed by atoms with Gasteiger partial charge in [0.1, 0.15) is 6.33 Å². The molecule has 0 aliphatic heterocycles. The largest absolute Gasteiger partial charge is 0.238 e. The number of hydrogen-bond acceptors (Lipinski definition) is 2. The maximum Gasteiger partial charge on any atom is 0.214 e. The van der Waals surface area contributed by atoms with Crippen LogP contribution in [0.2, 0.25) is 0 Å². The first kappa shape index (κ1) is 6.27. The molecule has 0 aliphatic rings. The van der Waals surface area contributed by atoms with E-state index in [1.165, 1.54) is 16.9 Å². The first-order valence-corrected chi connectivity index (χ1v) is 3.24. The van der Waals surface area contributed by atoms with E-state index in [4.69, 9.17) is 0 Å². The van der Waals surface area contributed by atoms with Crippen LogP contribution in [0.5, 0.6) is 0 Å². The third-order valence-electron chi connectivity index (χ3n) is 1.60. The van der Waals surface area contributed by atoms with E-state index in [0.717, 1.165) is 5.69 Å². The number of aromatic nitrogens is 3. The van der Waals surface area contributed by atoms with Gasteiger partial charge in [0, 0.05) is 0 Å². The molecule has 4 heteroatoms. The van der Waals surface area contributed by atoms with Crippen molar-refractivity contribution in [1.29, 1.82) is 0 Å². The molecule has 0 saturated heterocycles. The molecule has 0 saturated carbocycles. The smallest absolute Gasteiger partial charge is 0.214 e. The van der Waals surface area contributed by atoms with Crippen molar-refractivity contribution < 1.29 is 4.39 Å². The lowest BCUT2D eigenvalue weighted by Crippen LogP contribution is -1.96. The Hall–Kier alpha value is -1.45. The molecule has 0 fully saturated rings. The van der Waals surface area contributed by atoms with Crippen LogP contribution in [0.15, 0.2) is 18.5 Å². The minimum Gasteiger partial charge on any atom is -0.238 e. The molecule has 0 bridgehead atoms. The van der Waals surface area contributed by atoms with Gasteiger partial charge in [0.25, 0.3) is 0 Å². The molecule has 2 rings (SSSR count). The monoisotopic (exact) mass is 151 g/mol. The highest BCUT2D eigenvalue weighted by Gasteiger charge is 2.02. The van der Waals surface area contributed by atoms with E-state index in [-0.39, 0.29) is 5.95 Å². The minimum absolute atomic E-state index is 0.356. The predicted molar refractivity (Wildman–Crippen MR) is 37.7 cm³/mol. The number of halogens is 1. The van der Waals surface area contributed by atoms with Crippen LogP contribution >= 0.6 is 0 Å². The van der Waals surface area contributed by atoms with Crippen molar-refractivity contribution in [3.8, 4) is 0 Å². The summed E-state index contributed by atoms with van der Waals surface area (Å²) in [4.78, 5) is 3.92. The van der Waals surface area contributed by atoms with Crippen molar-refractivity contribution in [2.75, 3.05) is 0 Å². The van der Waals surface area contributed by atoms with E-state index >= 15 is 0 Å². The quantitative estimate of drug-likeness (QED) is 0.565. The van der Waals surface area contributed by atoms with Crippen LogP contribution in [0.3, 0.4) is 0 Å². The van der Waals surface area contributed by atoms with Crippen LogP contribution in [0.25, 0.3) is 5.52 Å². The van der Waals surface area contributed by atoms with Crippen molar-refractivity contribution in [3.05, 3.63) is 30.1 Å². The lowest BCUT2D eigenvalue weighted by Gasteiger charge is -1.94. The van der Waals surface area contributed by atoms with E-state index in [0.29, 0.717) is 5.52 Å². The van der Waals surface area contributed by atoms with Crippen LogP contribution in [-0.4, -0.2) is 14.6 Å². The van der Waals surface area contributed by atoms with Gasteiger partial charge in [-0.05, 0) is 19.1 Å². The Labute approximate surface area is 62.5 Å². The molecule has 0 atom stereocenters. The van der Waals surface area contributed by atoms with Crippen molar-refractivity contribution in [1.82, 2.24) is 14.6 Å². The Balaban J connectivity index is 2.94. The van der Waals surface area contributed by atoms with Gasteiger partial charge in [0.2, 0.25) is 5.95 Å². The summed E-state index contributed by atoms with van der Waals surface area (Å²) in [6.45, 7) is 1.82. The summed E-state index contributed by atoms with van der Waals surface area (Å²) in [5.74, 6) is -0.356. The average Bonchev–Trinajstić information content (AvgIpc) is 2.35. The molecular formula is C7H6FN3. The summed E-state index contributed by atoms with van der Waals surface area (Å²) in [6.07, 6.45) is 1.34. The Morgan fingerprint density at radius 1 is 1.45 bits per heavy atom. The fraction of sp³-hybridized carbons (Fsp3) is 0.143. The zero-order chi connectivity index (χ0) is 7.84. The molecule has 2 aromatic heterocycles. The van der Waals surface area contributed by atoms with Crippen molar-refractivity contribution in [2.24, 2.45) is 0 Å². The minimum atomic E-state index is -0.356. The van der Waals surface area contributed by atoms with Gasteiger partial charge >= 0.3 is 0 Å². The van der Waals surface area contributed by atoms with Crippen LogP contribution < -0.4 is 0 Å². The van der Waals surface area contributed by atoms with Gasteiger partial charge in [-0.2, -0.15) is 9.49 Å². The lowest BCUT2D eigenvalue weighted by atomic mass is 10.4. The van der Waals surface area contributed by atoms with Crippen molar-refractivity contribution in [3.63, 3.8) is 0 Å². The van der Waals surface area contributed by atoms with Crippen LogP contribution in [-0.2, 0) is 0 Å². The normalized spacial score (nSPS) is 10.7. The molecule has 2 heterocycles. The van der Waals surface area contributed by atoms with E-state index in [2.05, 4.69) is 10.1 Å². The van der Waals surface area contributed by atoms with Gasteiger partial charge < -0.3 is 0 Å². The summed E-state index contributed by atoms with van der Waals surface area (Å²) in [7, 11) is 0. The number of fused-ring (bicyclic) bond motifs is 1. The molecule has 3 nitrogen and oxygen atoms in total. The molecule has 11 heavy (non-hydrogen) atoms. The summed E-state index contributed by atoms with van der Waals surface area (Å²) < 4.78 is 14.0. The molecular weight excluding hydrogens is 145 g/mol. The maximum atomic E-state index is 12.8. The third-order valence-corrected chi connectivity index (χ3v) is 1.60. The van der Waals surface area contributed by atoms with E-state index in [1.807, 2.05) is 6.92 Å². The Morgan fingerprint density at radius 3 is 3.00 bits per heavy atom. The highest BCUT2D eigenvalue weighted by Crippen LogP contribution is 2.08. The van der Waals surface area contributed by atoms with Crippen molar-refractivity contribution in [2.45, 2.75) is 6.92 Å². The topological polar surface area (TPSA) is 30.2 Å². The molecule has 0 amide bonds. The van der Waals surface area contributed by atoms with Crippen LogP contribution in [0, 0.1) is 12.9 Å². The molecule has 0 spiro atoms. The molecule has 0 aliphatic carbocycles. The van der Waals surface area contributed by atoms with Gasteiger partial charge in [-0.1, -0.05) is 0 Å². The zero-order valence-electron chi connectivity index (χ0n) is 5.95. The standard InChI is InChI=1S/C7H6FN3/c1-5-6-2-3-7(8)11(6)10-4-9-5/h2-4H,1H3. The molecule has 0 radical (unpaired) electrons. The number of hydrogen-bond donors (Lipinski definition) is 0. The van der Waals surface area contributed by atoms with Gasteiger partial charge in [0.05, 0.1) is 11.2 Å². The fourth-order valence-electron chi connectivity index (χ4n) is 1.03. The van der Waals surface area contributed by atoms with Gasteiger partial charge in [-0.3, -0.25) is 0 Å². The molecule has 0 aromatic carbocycles. The highest BCUT2D eigenvalue weighted by molar-refractivity contribution is 5.50. The van der Waals surface area contributed by atoms with E-state index in [1.54, 1.807) is 6.07 Å². The fourth-order valence-corrected chi connectivity index (χ4v) is 1.03. The summed E-state index contributed by atoms with van der Waals surface area (Å²) in [5.41, 5.74) is 1.49. The summed E-state index contributed by atoms with van der Waals surface area (Å²) in [6, 6.07) is 3.03. The zero-order valence-corrected chi connectivity index (χ0v) is 5.95. The predicted octanol–water partition coefficient (Wildman–Crippen LogP) is 1.18. The van der Waals surface area contributed by atoms with E-state index < -0.39 is 0 Å². The first-order chi connectivity index (χ1) is 5.29. The number of nitrogens with zero attached hydrogens (tertiary/aromatic N) is 3. The first-order valence-electron chi connectivity index (χ1n) is 3.24. The summed E-state index contributed by atoms with van der Waals surface area (Å²) >= 11 is 0. The van der Waals surface area contributed by atoms with Gasteiger partial charge in [0.15, 0.2) is 0 Å². The Morgan fingerprint density at radius 2 is 2.27 bits per heavy atom. The van der Waals surface area contributed by atoms with Gasteiger partial charge in [-0.25, -0.2) is 9.50 Å². The second-order valence-corrected chi connectivity index (χ2v) is 2.30. The van der Waals surface area contributed by atoms with Gasteiger partial charge in [-0.15, -0.1) is 0 Å². The molecule has 0 N–H and O–H groups in total. The Bertz CT molecular complexity index is 393. The summed E-state index contributed by atoms with van der Waals surface area (Å²) in [5, 5.41) is 3.73. The Kier molecular flexibility index (Phi) is 1.15. The van der Waals surface area contributed by atoms with Crippen molar-refractivity contribution >= 4 is 5.52 Å². The second-order valence-electron chi connectivity index (χ2n) is 2.30. The molecule has 0 unspecified atom stereocenters. The van der Waals surface area contributed by atoms with Crippen LogP contribution in [0.1, 0.15) is 5.69 Å². The highest BCUT2D eigenvalue weighted by atomic mass is 19.1. The average molecular weight is 151 g/mol. The van der Waals surface area contributed by atoms with E-state index in [9.17, 15) is 4.39 Å². The van der Waals surface area contributed by atoms with Crippen LogP contribution in [0.4, 0.5) is 4.39 Å².